The van der Waals surface area contributed by atoms with Crippen LogP contribution in [0.1, 0.15) is 48.0 Å². The Morgan fingerprint density at radius 3 is 2.00 bits per heavy atom. The van der Waals surface area contributed by atoms with Gasteiger partial charge in [-0.05, 0) is 36.8 Å². The molecule has 0 fully saturated rings. The molecule has 0 aromatic rings. The van der Waals surface area contributed by atoms with E-state index < -0.39 is 0 Å². The molecule has 0 aliphatic rings. The van der Waals surface area contributed by atoms with Crippen molar-refractivity contribution < 1.29 is 0 Å². The Bertz CT molecular complexity index is 170. The standard InChI is InChI=1S/C14H32N2/c1-7-16(10-12(2)3)11-13(9-15)8-14(4,5)6/h12-13H,7-11,15H2,1-6H3. The molecule has 98 valence electrons. The zero-order valence-electron chi connectivity index (χ0n) is 12.2. The number of nitrogens with two attached hydrogens (primary N) is 1. The molecule has 1 atom stereocenters. The third-order valence-corrected chi connectivity index (χ3v) is 2.82. The van der Waals surface area contributed by atoms with Crippen molar-refractivity contribution in [3.05, 3.63) is 0 Å². The molecule has 0 aromatic carbocycles. The van der Waals surface area contributed by atoms with E-state index in [2.05, 4.69) is 46.4 Å². The molecule has 0 saturated carbocycles. The van der Waals surface area contributed by atoms with Gasteiger partial charge in [-0.2, -0.15) is 0 Å². The van der Waals surface area contributed by atoms with E-state index in [-0.39, 0.29) is 0 Å². The third kappa shape index (κ3) is 8.12. The van der Waals surface area contributed by atoms with E-state index in [1.54, 1.807) is 0 Å². The van der Waals surface area contributed by atoms with Gasteiger partial charge >= 0.3 is 0 Å². The van der Waals surface area contributed by atoms with Gasteiger partial charge in [0.15, 0.2) is 0 Å². The summed E-state index contributed by atoms with van der Waals surface area (Å²) >= 11 is 0. The van der Waals surface area contributed by atoms with Gasteiger partial charge in [0.05, 0.1) is 0 Å². The minimum atomic E-state index is 0.390. The molecule has 0 spiro atoms. The highest BCUT2D eigenvalue weighted by molar-refractivity contribution is 4.73. The molecule has 2 nitrogen and oxygen atoms in total. The van der Waals surface area contributed by atoms with Crippen LogP contribution in [0.15, 0.2) is 0 Å². The second-order valence-corrected chi connectivity index (χ2v) is 6.61. The maximum atomic E-state index is 5.89. The van der Waals surface area contributed by atoms with Crippen LogP contribution in [-0.2, 0) is 0 Å². The van der Waals surface area contributed by atoms with E-state index >= 15 is 0 Å². The van der Waals surface area contributed by atoms with Gasteiger partial charge in [0.2, 0.25) is 0 Å². The molecular formula is C14H32N2. The van der Waals surface area contributed by atoms with E-state index in [1.807, 2.05) is 0 Å². The SMILES string of the molecule is CCN(CC(C)C)CC(CN)CC(C)(C)C. The average Bonchev–Trinajstić information content (AvgIpc) is 2.12. The largest absolute Gasteiger partial charge is 0.330 e. The Hall–Kier alpha value is -0.0800. The van der Waals surface area contributed by atoms with Crippen LogP contribution in [0.4, 0.5) is 0 Å². The Kier molecular flexibility index (Phi) is 7.25. The Morgan fingerprint density at radius 1 is 1.12 bits per heavy atom. The molecule has 0 amide bonds. The van der Waals surface area contributed by atoms with E-state index in [0.717, 1.165) is 25.6 Å². The summed E-state index contributed by atoms with van der Waals surface area (Å²) in [5.74, 6) is 1.38. The van der Waals surface area contributed by atoms with Crippen LogP contribution in [0, 0.1) is 17.3 Å². The van der Waals surface area contributed by atoms with Gasteiger partial charge in [-0.3, -0.25) is 0 Å². The molecule has 0 aromatic heterocycles. The molecule has 16 heavy (non-hydrogen) atoms. The van der Waals surface area contributed by atoms with Gasteiger partial charge in [0, 0.05) is 13.1 Å². The van der Waals surface area contributed by atoms with Crippen LogP contribution in [0.5, 0.6) is 0 Å². The molecule has 0 radical (unpaired) electrons. The van der Waals surface area contributed by atoms with Crippen molar-refractivity contribution in [3.63, 3.8) is 0 Å². The molecule has 1 unspecified atom stereocenters. The zero-order valence-corrected chi connectivity index (χ0v) is 12.2. The molecule has 0 bridgehead atoms. The van der Waals surface area contributed by atoms with Gasteiger partial charge < -0.3 is 10.6 Å². The zero-order chi connectivity index (χ0) is 12.8. The number of hydrogen-bond acceptors (Lipinski definition) is 2. The lowest BCUT2D eigenvalue weighted by Gasteiger charge is -2.31. The summed E-state index contributed by atoms with van der Waals surface area (Å²) in [4.78, 5) is 2.54. The number of rotatable bonds is 7. The van der Waals surface area contributed by atoms with E-state index in [9.17, 15) is 0 Å². The Labute approximate surface area is 103 Å². The minimum absolute atomic E-state index is 0.390. The van der Waals surface area contributed by atoms with E-state index in [1.165, 1.54) is 13.0 Å². The first-order valence-corrected chi connectivity index (χ1v) is 6.71. The number of hydrogen-bond donors (Lipinski definition) is 1. The second-order valence-electron chi connectivity index (χ2n) is 6.61. The minimum Gasteiger partial charge on any atom is -0.330 e. The first-order valence-electron chi connectivity index (χ1n) is 6.71. The Morgan fingerprint density at radius 2 is 1.69 bits per heavy atom. The molecule has 0 saturated heterocycles. The van der Waals surface area contributed by atoms with E-state index in [4.69, 9.17) is 5.73 Å². The summed E-state index contributed by atoms with van der Waals surface area (Å²) < 4.78 is 0. The molecule has 2 heteroatoms. The Balaban J connectivity index is 4.17. The summed E-state index contributed by atoms with van der Waals surface area (Å²) in [6.07, 6.45) is 1.22. The maximum absolute atomic E-state index is 5.89. The molecule has 2 N–H and O–H groups in total. The predicted octanol–water partition coefficient (Wildman–Crippen LogP) is 2.98. The fraction of sp³-hybridized carbons (Fsp3) is 1.00. The van der Waals surface area contributed by atoms with Crippen molar-refractivity contribution in [2.75, 3.05) is 26.2 Å². The van der Waals surface area contributed by atoms with Crippen molar-refractivity contribution in [1.29, 1.82) is 0 Å². The van der Waals surface area contributed by atoms with Gasteiger partial charge in [-0.1, -0.05) is 41.5 Å². The maximum Gasteiger partial charge on any atom is 0.00219 e. The van der Waals surface area contributed by atoms with Gasteiger partial charge in [0.1, 0.15) is 0 Å². The molecular weight excluding hydrogens is 196 g/mol. The lowest BCUT2D eigenvalue weighted by Crippen LogP contribution is -2.36. The average molecular weight is 228 g/mol. The predicted molar refractivity (Wildman–Crippen MR) is 73.6 cm³/mol. The van der Waals surface area contributed by atoms with Crippen molar-refractivity contribution in [1.82, 2.24) is 4.90 Å². The molecule has 0 rings (SSSR count). The number of nitrogens with zero attached hydrogens (tertiary/aromatic N) is 1. The summed E-state index contributed by atoms with van der Waals surface area (Å²) in [6.45, 7) is 18.0. The summed E-state index contributed by atoms with van der Waals surface area (Å²) in [6, 6.07) is 0. The topological polar surface area (TPSA) is 29.3 Å². The van der Waals surface area contributed by atoms with E-state index in [0.29, 0.717) is 11.3 Å². The van der Waals surface area contributed by atoms with Crippen LogP contribution in [0.25, 0.3) is 0 Å². The van der Waals surface area contributed by atoms with Crippen LogP contribution in [0.2, 0.25) is 0 Å². The first-order chi connectivity index (χ1) is 7.28. The molecule has 0 aliphatic carbocycles. The second kappa shape index (κ2) is 7.29. The van der Waals surface area contributed by atoms with Crippen LogP contribution in [0.3, 0.4) is 0 Å². The van der Waals surface area contributed by atoms with Crippen molar-refractivity contribution in [2.45, 2.75) is 48.0 Å². The van der Waals surface area contributed by atoms with Crippen molar-refractivity contribution >= 4 is 0 Å². The highest BCUT2D eigenvalue weighted by atomic mass is 15.1. The molecule has 0 aliphatic heterocycles. The lowest BCUT2D eigenvalue weighted by molar-refractivity contribution is 0.186. The lowest BCUT2D eigenvalue weighted by atomic mass is 9.84. The van der Waals surface area contributed by atoms with Crippen molar-refractivity contribution in [3.8, 4) is 0 Å². The van der Waals surface area contributed by atoms with Crippen LogP contribution >= 0.6 is 0 Å². The highest BCUT2D eigenvalue weighted by Crippen LogP contribution is 2.24. The normalized spacial score (nSPS) is 14.8. The van der Waals surface area contributed by atoms with Crippen molar-refractivity contribution in [2.24, 2.45) is 23.0 Å². The summed E-state index contributed by atoms with van der Waals surface area (Å²) in [5, 5.41) is 0. The first kappa shape index (κ1) is 15.9. The van der Waals surface area contributed by atoms with Gasteiger partial charge in [-0.15, -0.1) is 0 Å². The smallest absolute Gasteiger partial charge is 0.00219 e. The van der Waals surface area contributed by atoms with Crippen LogP contribution in [-0.4, -0.2) is 31.1 Å². The monoisotopic (exact) mass is 228 g/mol. The fourth-order valence-corrected chi connectivity index (χ4v) is 2.30. The summed E-state index contributed by atoms with van der Waals surface area (Å²) in [5.41, 5.74) is 6.28. The highest BCUT2D eigenvalue weighted by Gasteiger charge is 2.19. The van der Waals surface area contributed by atoms with Gasteiger partial charge in [-0.25, -0.2) is 0 Å². The fourth-order valence-electron chi connectivity index (χ4n) is 2.30. The quantitative estimate of drug-likeness (QED) is 0.726. The van der Waals surface area contributed by atoms with Gasteiger partial charge in [0.25, 0.3) is 0 Å². The van der Waals surface area contributed by atoms with Crippen LogP contribution < -0.4 is 5.73 Å². The summed E-state index contributed by atoms with van der Waals surface area (Å²) in [7, 11) is 0. The third-order valence-electron chi connectivity index (χ3n) is 2.82. The molecule has 0 heterocycles.